The number of nitrogen functional groups attached to an aromatic ring is 1. The van der Waals surface area contributed by atoms with E-state index in [1.807, 2.05) is 0 Å². The van der Waals surface area contributed by atoms with Crippen molar-refractivity contribution in [3.05, 3.63) is 63.4 Å². The number of nitrogens with two attached hydrogens (primary N) is 1. The molecule has 0 fully saturated rings. The van der Waals surface area contributed by atoms with Gasteiger partial charge in [0.1, 0.15) is 17.2 Å². The summed E-state index contributed by atoms with van der Waals surface area (Å²) in [6, 6.07) is 7.13. The van der Waals surface area contributed by atoms with E-state index in [-0.39, 0.29) is 42.0 Å². The van der Waals surface area contributed by atoms with E-state index in [0.29, 0.717) is 5.69 Å². The molecule has 2 aromatic carbocycles. The van der Waals surface area contributed by atoms with E-state index in [4.69, 9.17) is 15.2 Å². The summed E-state index contributed by atoms with van der Waals surface area (Å²) < 4.78 is 52.7. The quantitative estimate of drug-likeness (QED) is 0.249. The molecular weight excluding hydrogens is 583 g/mol. The molecule has 14 heteroatoms. The van der Waals surface area contributed by atoms with Gasteiger partial charge < -0.3 is 25.8 Å². The van der Waals surface area contributed by atoms with E-state index in [1.165, 1.54) is 36.4 Å². The summed E-state index contributed by atoms with van der Waals surface area (Å²) in [5, 5.41) is 4.82. The Bertz CT molecular complexity index is 1590. The molecule has 0 radical (unpaired) electrons. The van der Waals surface area contributed by atoms with Gasteiger partial charge in [-0.05, 0) is 83.9 Å². The Hall–Kier alpha value is -4.62. The van der Waals surface area contributed by atoms with Gasteiger partial charge in [0.25, 0.3) is 11.5 Å². The first kappa shape index (κ1) is 33.9. The Morgan fingerprint density at radius 2 is 1.57 bits per heavy atom. The Labute approximate surface area is 251 Å². The van der Waals surface area contributed by atoms with Crippen LogP contribution in [0.1, 0.15) is 75.9 Å². The number of halogens is 3. The molecule has 1 unspecified atom stereocenters. The monoisotopic (exact) mass is 619 g/mol. The highest BCUT2D eigenvalue weighted by Crippen LogP contribution is 2.36. The van der Waals surface area contributed by atoms with E-state index in [0.717, 1.165) is 0 Å². The van der Waals surface area contributed by atoms with Crippen molar-refractivity contribution in [1.82, 2.24) is 15.3 Å². The van der Waals surface area contributed by atoms with Gasteiger partial charge in [0.15, 0.2) is 0 Å². The van der Waals surface area contributed by atoms with E-state index in [2.05, 4.69) is 20.6 Å². The molecule has 0 aliphatic rings. The number of H-pyrrole nitrogens is 1. The maximum atomic E-state index is 14.0. The SMILES string of the molecule is CC(C)(C)OC(=O)CCC(NC(=O)c1ccc(NCc2ccc3nc(N)[nH]c(=O)c3c2C(F)(F)F)cc1)C(=O)OC(C)(C)C. The van der Waals surface area contributed by atoms with Crippen molar-refractivity contribution in [1.29, 1.82) is 0 Å². The molecule has 1 atom stereocenters. The smallest absolute Gasteiger partial charge is 0.417 e. The molecular formula is C30H36F3N5O6. The second-order valence-corrected chi connectivity index (χ2v) is 12.1. The lowest BCUT2D eigenvalue weighted by molar-refractivity contribution is -0.158. The molecule has 1 amide bonds. The number of amides is 1. The Morgan fingerprint density at radius 1 is 0.955 bits per heavy atom. The molecule has 44 heavy (non-hydrogen) atoms. The van der Waals surface area contributed by atoms with Crippen LogP contribution in [0.15, 0.2) is 41.2 Å². The molecule has 11 nitrogen and oxygen atoms in total. The minimum absolute atomic E-state index is 0.0621. The molecule has 5 N–H and O–H groups in total. The zero-order chi connectivity index (χ0) is 33.0. The number of fused-ring (bicyclic) bond motifs is 1. The maximum Gasteiger partial charge on any atom is 0.417 e. The molecule has 0 spiro atoms. The van der Waals surface area contributed by atoms with Crippen LogP contribution >= 0.6 is 0 Å². The summed E-state index contributed by atoms with van der Waals surface area (Å²) in [5.74, 6) is -2.19. The number of nitrogens with zero attached hydrogens (tertiary/aromatic N) is 1. The van der Waals surface area contributed by atoms with Gasteiger partial charge in [-0.25, -0.2) is 9.78 Å². The summed E-state index contributed by atoms with van der Waals surface area (Å²) in [7, 11) is 0. The van der Waals surface area contributed by atoms with Gasteiger partial charge >= 0.3 is 18.1 Å². The van der Waals surface area contributed by atoms with Gasteiger partial charge in [0.2, 0.25) is 5.95 Å². The average Bonchev–Trinajstić information content (AvgIpc) is 2.87. The Morgan fingerprint density at radius 3 is 2.14 bits per heavy atom. The van der Waals surface area contributed by atoms with Crippen molar-refractivity contribution in [3.63, 3.8) is 0 Å². The molecule has 0 aliphatic carbocycles. The number of ether oxygens (including phenoxy) is 2. The summed E-state index contributed by atoms with van der Waals surface area (Å²) in [4.78, 5) is 56.2. The van der Waals surface area contributed by atoms with Crippen LogP contribution in [0, 0.1) is 0 Å². The first-order valence-electron chi connectivity index (χ1n) is 13.7. The van der Waals surface area contributed by atoms with Crippen LogP contribution in [-0.2, 0) is 31.8 Å². The predicted octanol–water partition coefficient (Wildman–Crippen LogP) is 4.70. The van der Waals surface area contributed by atoms with Crippen molar-refractivity contribution in [2.75, 3.05) is 11.1 Å². The van der Waals surface area contributed by atoms with Crippen LogP contribution in [-0.4, -0.2) is 45.1 Å². The van der Waals surface area contributed by atoms with Gasteiger partial charge in [0, 0.05) is 24.2 Å². The second-order valence-electron chi connectivity index (χ2n) is 12.1. The van der Waals surface area contributed by atoms with Crippen LogP contribution in [0.25, 0.3) is 10.9 Å². The molecule has 0 bridgehead atoms. The number of esters is 2. The fourth-order valence-electron chi connectivity index (χ4n) is 4.22. The number of rotatable bonds is 9. The predicted molar refractivity (Wildman–Crippen MR) is 158 cm³/mol. The zero-order valence-corrected chi connectivity index (χ0v) is 25.3. The molecule has 0 saturated carbocycles. The van der Waals surface area contributed by atoms with Crippen molar-refractivity contribution in [2.24, 2.45) is 0 Å². The topological polar surface area (TPSA) is 165 Å². The fourth-order valence-corrected chi connectivity index (χ4v) is 4.22. The average molecular weight is 620 g/mol. The Balaban J connectivity index is 1.75. The number of nitrogens with one attached hydrogen (secondary N) is 3. The number of carbonyl (C=O) groups is 3. The van der Waals surface area contributed by atoms with Crippen molar-refractivity contribution >= 4 is 40.4 Å². The number of alkyl halides is 3. The zero-order valence-electron chi connectivity index (χ0n) is 25.3. The lowest BCUT2D eigenvalue weighted by Crippen LogP contribution is -2.44. The first-order valence-corrected chi connectivity index (χ1v) is 13.7. The summed E-state index contributed by atoms with van der Waals surface area (Å²) in [5.41, 5.74) is 1.92. The van der Waals surface area contributed by atoms with E-state index in [9.17, 15) is 32.3 Å². The van der Waals surface area contributed by atoms with Crippen LogP contribution in [0.3, 0.4) is 0 Å². The van der Waals surface area contributed by atoms with E-state index in [1.54, 1.807) is 41.5 Å². The Kier molecular flexibility index (Phi) is 9.96. The highest BCUT2D eigenvalue weighted by atomic mass is 19.4. The van der Waals surface area contributed by atoms with Crippen LogP contribution in [0.5, 0.6) is 0 Å². The van der Waals surface area contributed by atoms with Gasteiger partial charge in [0.05, 0.1) is 16.5 Å². The second kappa shape index (κ2) is 12.9. The van der Waals surface area contributed by atoms with Crippen molar-refractivity contribution in [2.45, 2.75) is 84.3 Å². The van der Waals surface area contributed by atoms with Gasteiger partial charge in [-0.2, -0.15) is 13.2 Å². The molecule has 3 aromatic rings. The van der Waals surface area contributed by atoms with Gasteiger partial charge in [-0.3, -0.25) is 19.4 Å². The molecule has 238 valence electrons. The molecule has 3 rings (SSSR count). The third-order valence-electron chi connectivity index (χ3n) is 5.95. The summed E-state index contributed by atoms with van der Waals surface area (Å²) in [6.07, 6.45) is -5.06. The number of anilines is 2. The van der Waals surface area contributed by atoms with Crippen LogP contribution in [0.4, 0.5) is 24.8 Å². The summed E-state index contributed by atoms with van der Waals surface area (Å²) in [6.45, 7) is 9.84. The summed E-state index contributed by atoms with van der Waals surface area (Å²) >= 11 is 0. The van der Waals surface area contributed by atoms with Crippen LogP contribution < -0.4 is 21.9 Å². The lowest BCUT2D eigenvalue weighted by Gasteiger charge is -2.25. The van der Waals surface area contributed by atoms with Crippen molar-refractivity contribution < 1.29 is 37.0 Å². The van der Waals surface area contributed by atoms with Crippen molar-refractivity contribution in [3.8, 4) is 0 Å². The number of benzene rings is 2. The molecule has 0 saturated heterocycles. The highest BCUT2D eigenvalue weighted by molar-refractivity contribution is 5.97. The molecule has 0 aliphatic heterocycles. The fraction of sp³-hybridized carbons (Fsp3) is 0.433. The van der Waals surface area contributed by atoms with E-state index < -0.39 is 57.8 Å². The number of carbonyl (C=O) groups excluding carboxylic acids is 3. The highest BCUT2D eigenvalue weighted by Gasteiger charge is 2.37. The van der Waals surface area contributed by atoms with Crippen LogP contribution in [0.2, 0.25) is 0 Å². The minimum atomic E-state index is -4.85. The third-order valence-corrected chi connectivity index (χ3v) is 5.95. The number of hydrogen-bond acceptors (Lipinski definition) is 9. The normalized spacial score (nSPS) is 12.8. The third kappa shape index (κ3) is 9.44. The number of hydrogen-bond donors (Lipinski definition) is 4. The largest absolute Gasteiger partial charge is 0.460 e. The van der Waals surface area contributed by atoms with Gasteiger partial charge in [-0.15, -0.1) is 0 Å². The first-order chi connectivity index (χ1) is 20.2. The molecule has 1 heterocycles. The molecule has 1 aromatic heterocycles. The minimum Gasteiger partial charge on any atom is -0.460 e. The lowest BCUT2D eigenvalue weighted by atomic mass is 10.0. The number of aromatic nitrogens is 2. The maximum absolute atomic E-state index is 14.0. The number of aromatic amines is 1. The standard InChI is InChI=1S/C30H36F3N5O6/c1-28(2,3)43-21(39)14-13-20(26(42)44-29(4,5)6)36-24(40)16-7-10-18(11-8-16)35-15-17-9-12-19-22(23(17)30(31,32)33)25(41)38-27(34)37-19/h7-12,20,35H,13-15H2,1-6H3,(H,36,40)(H3,34,37,38,41). The van der Waals surface area contributed by atoms with Gasteiger partial charge in [-0.1, -0.05) is 6.07 Å². The van der Waals surface area contributed by atoms with E-state index >= 15 is 0 Å².